The van der Waals surface area contributed by atoms with E-state index in [9.17, 15) is 0 Å². The Morgan fingerprint density at radius 3 is 2.78 bits per heavy atom. The van der Waals surface area contributed by atoms with E-state index in [4.69, 9.17) is 10.6 Å². The van der Waals surface area contributed by atoms with Gasteiger partial charge in [-0.05, 0) is 37.1 Å². The number of hydrogen-bond acceptors (Lipinski definition) is 5. The van der Waals surface area contributed by atoms with Crippen LogP contribution in [0.3, 0.4) is 0 Å². The molecular formula is C13H17N3OS. The zero-order valence-corrected chi connectivity index (χ0v) is 11.6. The third-order valence-corrected chi connectivity index (χ3v) is 3.89. The van der Waals surface area contributed by atoms with Gasteiger partial charge in [0.1, 0.15) is 10.8 Å². The fourth-order valence-electron chi connectivity index (χ4n) is 1.90. The molecule has 5 heteroatoms. The van der Waals surface area contributed by atoms with Crippen LogP contribution in [0.1, 0.15) is 16.1 Å². The fourth-order valence-corrected chi connectivity index (χ4v) is 2.64. The second kappa shape index (κ2) is 5.48. The van der Waals surface area contributed by atoms with E-state index in [0.29, 0.717) is 6.54 Å². The van der Waals surface area contributed by atoms with Crippen LogP contribution in [0.5, 0.6) is 5.75 Å². The van der Waals surface area contributed by atoms with Crippen molar-refractivity contribution in [3.05, 3.63) is 33.6 Å². The van der Waals surface area contributed by atoms with Crippen molar-refractivity contribution in [2.24, 2.45) is 5.84 Å². The molecular weight excluding hydrogens is 246 g/mol. The lowest BCUT2D eigenvalue weighted by Gasteiger charge is -2.11. The van der Waals surface area contributed by atoms with Crippen molar-refractivity contribution in [1.82, 2.24) is 10.4 Å². The van der Waals surface area contributed by atoms with Gasteiger partial charge >= 0.3 is 0 Å². The van der Waals surface area contributed by atoms with Gasteiger partial charge in [-0.2, -0.15) is 0 Å². The van der Waals surface area contributed by atoms with Crippen LogP contribution in [0.4, 0.5) is 0 Å². The average Bonchev–Trinajstić information content (AvgIpc) is 2.81. The van der Waals surface area contributed by atoms with Gasteiger partial charge in [0.05, 0.1) is 19.3 Å². The first-order valence-corrected chi connectivity index (χ1v) is 6.57. The fraction of sp³-hybridized carbons (Fsp3) is 0.308. The number of nitrogens with two attached hydrogens (primary N) is 1. The highest BCUT2D eigenvalue weighted by Gasteiger charge is 2.11. The summed E-state index contributed by atoms with van der Waals surface area (Å²) in [7, 11) is 1.69. The number of rotatable bonds is 4. The summed E-state index contributed by atoms with van der Waals surface area (Å²) in [5, 5.41) is 3.04. The summed E-state index contributed by atoms with van der Waals surface area (Å²) < 4.78 is 5.32. The molecule has 0 unspecified atom stereocenters. The Kier molecular flexibility index (Phi) is 3.96. The predicted octanol–water partition coefficient (Wildman–Crippen LogP) is 2.40. The number of nitrogens with zero attached hydrogens (tertiary/aromatic N) is 1. The third-order valence-electron chi connectivity index (χ3n) is 3.04. The van der Waals surface area contributed by atoms with Crippen LogP contribution in [-0.4, -0.2) is 12.1 Å². The minimum atomic E-state index is 0.596. The van der Waals surface area contributed by atoms with E-state index < -0.39 is 0 Å². The number of hydrogen-bond donors (Lipinski definition) is 2. The Balaban J connectivity index is 2.41. The molecule has 0 aliphatic rings. The molecule has 3 N–H and O–H groups in total. The second-order valence-electron chi connectivity index (χ2n) is 4.07. The number of benzene rings is 1. The maximum Gasteiger partial charge on any atom is 0.122 e. The highest BCUT2D eigenvalue weighted by Crippen LogP contribution is 2.31. The summed E-state index contributed by atoms with van der Waals surface area (Å²) in [4.78, 5) is 4.56. The zero-order valence-electron chi connectivity index (χ0n) is 10.8. The lowest BCUT2D eigenvalue weighted by atomic mass is 10.0. The number of nitrogens with one attached hydrogen (secondary N) is 1. The summed E-state index contributed by atoms with van der Waals surface area (Å²) in [5.74, 6) is 6.21. The van der Waals surface area contributed by atoms with Gasteiger partial charge in [-0.25, -0.2) is 4.98 Å². The summed E-state index contributed by atoms with van der Waals surface area (Å²) in [6.45, 7) is 4.75. The minimum absolute atomic E-state index is 0.596. The van der Waals surface area contributed by atoms with Crippen LogP contribution in [0.25, 0.3) is 11.3 Å². The maximum atomic E-state index is 5.32. The van der Waals surface area contributed by atoms with Gasteiger partial charge < -0.3 is 4.74 Å². The second-order valence-corrected chi connectivity index (χ2v) is 5.02. The summed E-state index contributed by atoms with van der Waals surface area (Å²) in [6, 6.07) is 4.04. The van der Waals surface area contributed by atoms with Gasteiger partial charge in [-0.1, -0.05) is 0 Å². The largest absolute Gasteiger partial charge is 0.496 e. The van der Waals surface area contributed by atoms with Gasteiger partial charge in [-0.15, -0.1) is 11.3 Å². The number of hydrazine groups is 1. The van der Waals surface area contributed by atoms with Crippen molar-refractivity contribution in [1.29, 1.82) is 0 Å². The third kappa shape index (κ3) is 2.38. The van der Waals surface area contributed by atoms with Crippen LogP contribution in [0, 0.1) is 13.8 Å². The standard InChI is InChI=1S/C13H17N3OS/c1-8-9(2)12(17-3)5-4-10(8)11-7-18-13(16-11)6-15-14/h4-5,7,15H,6,14H2,1-3H3. The average molecular weight is 263 g/mol. The first-order chi connectivity index (χ1) is 8.67. The van der Waals surface area contributed by atoms with E-state index in [1.807, 2.05) is 6.07 Å². The Morgan fingerprint density at radius 2 is 2.11 bits per heavy atom. The van der Waals surface area contributed by atoms with E-state index in [0.717, 1.165) is 27.6 Å². The lowest BCUT2D eigenvalue weighted by Crippen LogP contribution is -2.20. The van der Waals surface area contributed by atoms with E-state index in [1.54, 1.807) is 18.4 Å². The molecule has 0 fully saturated rings. The molecule has 1 aromatic carbocycles. The highest BCUT2D eigenvalue weighted by atomic mass is 32.1. The van der Waals surface area contributed by atoms with Crippen LogP contribution >= 0.6 is 11.3 Å². The molecule has 18 heavy (non-hydrogen) atoms. The molecule has 0 radical (unpaired) electrons. The number of thiazole rings is 1. The van der Waals surface area contributed by atoms with Crippen LogP contribution in [0.15, 0.2) is 17.5 Å². The molecule has 0 bridgehead atoms. The SMILES string of the molecule is COc1ccc(-c2csc(CNN)n2)c(C)c1C. The van der Waals surface area contributed by atoms with E-state index in [1.165, 1.54) is 5.56 Å². The first kappa shape index (κ1) is 13.0. The molecule has 0 saturated carbocycles. The zero-order chi connectivity index (χ0) is 13.1. The Bertz CT molecular complexity index is 551. The van der Waals surface area contributed by atoms with Crippen molar-refractivity contribution < 1.29 is 4.74 Å². The topological polar surface area (TPSA) is 60.2 Å². The van der Waals surface area contributed by atoms with Crippen LogP contribution in [0.2, 0.25) is 0 Å². The molecule has 4 nitrogen and oxygen atoms in total. The van der Waals surface area contributed by atoms with Crippen LogP contribution in [-0.2, 0) is 6.54 Å². The molecule has 1 heterocycles. The maximum absolute atomic E-state index is 5.32. The van der Waals surface area contributed by atoms with E-state index in [2.05, 4.69) is 35.7 Å². The smallest absolute Gasteiger partial charge is 0.122 e. The van der Waals surface area contributed by atoms with Gasteiger partial charge in [0.2, 0.25) is 0 Å². The number of methoxy groups -OCH3 is 1. The summed E-state index contributed by atoms with van der Waals surface area (Å²) in [5.41, 5.74) is 7.12. The lowest BCUT2D eigenvalue weighted by molar-refractivity contribution is 0.411. The van der Waals surface area contributed by atoms with Crippen molar-refractivity contribution in [3.8, 4) is 17.0 Å². The molecule has 2 aromatic rings. The van der Waals surface area contributed by atoms with E-state index >= 15 is 0 Å². The van der Waals surface area contributed by atoms with Crippen LogP contribution < -0.4 is 16.0 Å². The van der Waals surface area contributed by atoms with Crippen molar-refractivity contribution in [2.45, 2.75) is 20.4 Å². The molecule has 0 aliphatic carbocycles. The van der Waals surface area contributed by atoms with Gasteiger partial charge in [0.15, 0.2) is 0 Å². The molecule has 96 valence electrons. The van der Waals surface area contributed by atoms with Gasteiger partial charge in [0.25, 0.3) is 0 Å². The first-order valence-electron chi connectivity index (χ1n) is 5.69. The Morgan fingerprint density at radius 1 is 1.33 bits per heavy atom. The molecule has 0 amide bonds. The van der Waals surface area contributed by atoms with Gasteiger partial charge in [-0.3, -0.25) is 11.3 Å². The minimum Gasteiger partial charge on any atom is -0.496 e. The molecule has 0 aliphatic heterocycles. The molecule has 0 spiro atoms. The molecule has 2 rings (SSSR count). The normalized spacial score (nSPS) is 10.7. The van der Waals surface area contributed by atoms with Crippen molar-refractivity contribution in [3.63, 3.8) is 0 Å². The molecule has 0 atom stereocenters. The summed E-state index contributed by atoms with van der Waals surface area (Å²) >= 11 is 1.61. The quantitative estimate of drug-likeness (QED) is 0.657. The Hall–Kier alpha value is -1.43. The predicted molar refractivity (Wildman–Crippen MR) is 74.6 cm³/mol. The summed E-state index contributed by atoms with van der Waals surface area (Å²) in [6.07, 6.45) is 0. The molecule has 1 aromatic heterocycles. The number of ether oxygens (including phenoxy) is 1. The number of aromatic nitrogens is 1. The molecule has 0 saturated heterocycles. The Labute approximate surface area is 111 Å². The highest BCUT2D eigenvalue weighted by molar-refractivity contribution is 7.09. The van der Waals surface area contributed by atoms with E-state index in [-0.39, 0.29) is 0 Å². The van der Waals surface area contributed by atoms with Gasteiger partial charge in [0, 0.05) is 10.9 Å². The van der Waals surface area contributed by atoms with Crippen molar-refractivity contribution in [2.75, 3.05) is 7.11 Å². The monoisotopic (exact) mass is 263 g/mol. The van der Waals surface area contributed by atoms with Crippen molar-refractivity contribution >= 4 is 11.3 Å².